The zero-order valence-corrected chi connectivity index (χ0v) is 16.6. The lowest BCUT2D eigenvalue weighted by atomic mass is 10.1. The number of anilines is 1. The molecule has 142 valence electrons. The number of nitrogens with zero attached hydrogens (tertiary/aromatic N) is 3. The van der Waals surface area contributed by atoms with Crippen molar-refractivity contribution in [3.63, 3.8) is 0 Å². The summed E-state index contributed by atoms with van der Waals surface area (Å²) in [5.74, 6) is -1.05. The molecule has 3 rings (SSSR count). The zero-order valence-electron chi connectivity index (χ0n) is 15.6. The number of hydrogen-bond donors (Lipinski definition) is 2. The number of ether oxygens (including phenoxy) is 1. The highest BCUT2D eigenvalue weighted by atomic mass is 28.3. The molecule has 1 aliphatic rings. The first-order chi connectivity index (χ1) is 12.2. The van der Waals surface area contributed by atoms with Crippen molar-refractivity contribution >= 4 is 30.6 Å². The Balaban J connectivity index is 1.82. The first-order valence-corrected chi connectivity index (χ1v) is 12.7. The summed E-state index contributed by atoms with van der Waals surface area (Å²) in [4.78, 5) is 13.7. The summed E-state index contributed by atoms with van der Waals surface area (Å²) in [6, 6.07) is 6.74. The number of aliphatic hydroxyl groups excluding tert-OH is 1. The second kappa shape index (κ2) is 7.38. The van der Waals surface area contributed by atoms with Gasteiger partial charge < -0.3 is 19.8 Å². The van der Waals surface area contributed by atoms with E-state index in [1.807, 2.05) is 18.2 Å². The Morgan fingerprint density at radius 2 is 2.15 bits per heavy atom. The van der Waals surface area contributed by atoms with E-state index in [-0.39, 0.29) is 18.5 Å². The standard InChI is InChI=1S/C18H27N3O4Si/c1-26(2,3)9-8-25-12-21-16-5-4-13(20-7-6-14(22)11-20)10-15(16)17(19-21)18(23)24/h4-5,10,14,22H,6-9,11-12H2,1-3H3,(H,23,24). The van der Waals surface area contributed by atoms with Crippen molar-refractivity contribution < 1.29 is 19.7 Å². The molecule has 1 atom stereocenters. The number of carboxylic acids is 1. The summed E-state index contributed by atoms with van der Waals surface area (Å²) in [6.45, 7) is 9.11. The Bertz CT molecular complexity index is 800. The van der Waals surface area contributed by atoms with Gasteiger partial charge in [-0.15, -0.1) is 0 Å². The maximum Gasteiger partial charge on any atom is 0.357 e. The van der Waals surface area contributed by atoms with Crippen LogP contribution >= 0.6 is 0 Å². The average Bonchev–Trinajstić information content (AvgIpc) is 3.14. The molecule has 2 heterocycles. The Morgan fingerprint density at radius 1 is 1.38 bits per heavy atom. The van der Waals surface area contributed by atoms with E-state index in [0.29, 0.717) is 18.5 Å². The number of fused-ring (bicyclic) bond motifs is 1. The third-order valence-corrected chi connectivity index (χ3v) is 6.38. The van der Waals surface area contributed by atoms with Crippen LogP contribution in [0.4, 0.5) is 5.69 Å². The highest BCUT2D eigenvalue weighted by Gasteiger charge is 2.23. The molecule has 0 radical (unpaired) electrons. The number of carboxylic acid groups (broad SMARTS) is 1. The van der Waals surface area contributed by atoms with Gasteiger partial charge in [-0.1, -0.05) is 19.6 Å². The molecule has 1 aromatic carbocycles. The molecule has 2 N–H and O–H groups in total. The minimum Gasteiger partial charge on any atom is -0.476 e. The summed E-state index contributed by atoms with van der Waals surface area (Å²) in [5.41, 5.74) is 1.70. The van der Waals surface area contributed by atoms with Crippen molar-refractivity contribution in [3.8, 4) is 0 Å². The predicted octanol–water partition coefficient (Wildman–Crippen LogP) is 2.62. The van der Waals surface area contributed by atoms with Gasteiger partial charge in [0.15, 0.2) is 5.69 Å². The summed E-state index contributed by atoms with van der Waals surface area (Å²) < 4.78 is 7.36. The summed E-state index contributed by atoms with van der Waals surface area (Å²) in [7, 11) is -1.16. The molecule has 26 heavy (non-hydrogen) atoms. The van der Waals surface area contributed by atoms with Crippen molar-refractivity contribution in [1.29, 1.82) is 0 Å². The molecule has 0 aliphatic carbocycles. The molecule has 1 fully saturated rings. The molecule has 7 nitrogen and oxygen atoms in total. The predicted molar refractivity (Wildman–Crippen MR) is 104 cm³/mol. The first kappa shape index (κ1) is 18.9. The lowest BCUT2D eigenvalue weighted by Crippen LogP contribution is -2.22. The molecular weight excluding hydrogens is 350 g/mol. The van der Waals surface area contributed by atoms with Crippen LogP contribution in [-0.2, 0) is 11.5 Å². The third kappa shape index (κ3) is 4.25. The fourth-order valence-electron chi connectivity index (χ4n) is 3.13. The van der Waals surface area contributed by atoms with Gasteiger partial charge in [0.05, 0.1) is 11.6 Å². The van der Waals surface area contributed by atoms with Gasteiger partial charge in [0, 0.05) is 38.8 Å². The highest BCUT2D eigenvalue weighted by molar-refractivity contribution is 6.76. The normalized spacial score (nSPS) is 18.0. The number of rotatable bonds is 7. The van der Waals surface area contributed by atoms with Gasteiger partial charge in [-0.3, -0.25) is 0 Å². The maximum absolute atomic E-state index is 11.6. The Labute approximate surface area is 154 Å². The molecule has 8 heteroatoms. The Hall–Kier alpha value is -1.90. The van der Waals surface area contributed by atoms with Crippen LogP contribution in [0.5, 0.6) is 0 Å². The van der Waals surface area contributed by atoms with Crippen LogP contribution in [0.25, 0.3) is 10.9 Å². The lowest BCUT2D eigenvalue weighted by Gasteiger charge is -2.18. The Morgan fingerprint density at radius 3 is 2.77 bits per heavy atom. The van der Waals surface area contributed by atoms with Crippen LogP contribution in [-0.4, -0.2) is 59.8 Å². The summed E-state index contributed by atoms with van der Waals surface area (Å²) >= 11 is 0. The molecule has 1 saturated heterocycles. The smallest absolute Gasteiger partial charge is 0.357 e. The first-order valence-electron chi connectivity index (χ1n) is 8.99. The second-order valence-electron chi connectivity index (χ2n) is 8.09. The number of benzene rings is 1. The maximum atomic E-state index is 11.6. The van der Waals surface area contributed by atoms with E-state index in [1.165, 1.54) is 0 Å². The fourth-order valence-corrected chi connectivity index (χ4v) is 3.88. The SMILES string of the molecule is C[Si](C)(C)CCOCn1nc(C(=O)O)c2cc(N3CCC(O)C3)ccc21. The van der Waals surface area contributed by atoms with Crippen molar-refractivity contribution in [2.75, 3.05) is 24.6 Å². The van der Waals surface area contributed by atoms with Gasteiger partial charge in [0.25, 0.3) is 0 Å². The van der Waals surface area contributed by atoms with Crippen LogP contribution < -0.4 is 4.90 Å². The molecule has 2 aromatic rings. The van der Waals surface area contributed by atoms with Gasteiger partial charge in [0.1, 0.15) is 6.73 Å². The largest absolute Gasteiger partial charge is 0.476 e. The van der Waals surface area contributed by atoms with Crippen LogP contribution in [0.2, 0.25) is 25.7 Å². The lowest BCUT2D eigenvalue weighted by molar-refractivity contribution is 0.0676. The van der Waals surface area contributed by atoms with Gasteiger partial charge in [-0.2, -0.15) is 5.10 Å². The molecule has 1 unspecified atom stereocenters. The van der Waals surface area contributed by atoms with Crippen LogP contribution in [0.3, 0.4) is 0 Å². The minimum atomic E-state index is -1.16. The number of hydrogen-bond acceptors (Lipinski definition) is 5. The molecule has 1 aliphatic heterocycles. The summed E-state index contributed by atoms with van der Waals surface area (Å²) in [6.07, 6.45) is 0.403. The zero-order chi connectivity index (χ0) is 18.9. The van der Waals surface area contributed by atoms with E-state index in [4.69, 9.17) is 4.74 Å². The van der Waals surface area contributed by atoms with Gasteiger partial charge in [-0.05, 0) is 30.7 Å². The van der Waals surface area contributed by atoms with E-state index < -0.39 is 14.0 Å². The van der Waals surface area contributed by atoms with Crippen molar-refractivity contribution in [1.82, 2.24) is 9.78 Å². The monoisotopic (exact) mass is 377 g/mol. The molecule has 0 bridgehead atoms. The Kier molecular flexibility index (Phi) is 5.36. The van der Waals surface area contributed by atoms with Crippen LogP contribution in [0, 0.1) is 0 Å². The van der Waals surface area contributed by atoms with E-state index in [1.54, 1.807) is 4.68 Å². The number of β-amino-alcohol motifs (C(OH)–C–C–N with tert-alkyl or cyclic N) is 1. The van der Waals surface area contributed by atoms with E-state index in [9.17, 15) is 15.0 Å². The third-order valence-electron chi connectivity index (χ3n) is 4.68. The highest BCUT2D eigenvalue weighted by Crippen LogP contribution is 2.27. The van der Waals surface area contributed by atoms with Crippen LogP contribution in [0.15, 0.2) is 18.2 Å². The molecule has 0 spiro atoms. The number of carbonyl (C=O) groups is 1. The topological polar surface area (TPSA) is 87.8 Å². The number of aliphatic hydroxyl groups is 1. The van der Waals surface area contributed by atoms with Crippen LogP contribution in [0.1, 0.15) is 16.9 Å². The van der Waals surface area contributed by atoms with Crippen molar-refractivity contribution in [2.24, 2.45) is 0 Å². The molecule has 0 saturated carbocycles. The van der Waals surface area contributed by atoms with E-state index in [2.05, 4.69) is 29.6 Å². The van der Waals surface area contributed by atoms with E-state index in [0.717, 1.165) is 30.2 Å². The number of aromatic nitrogens is 2. The molecule has 1 aromatic heterocycles. The van der Waals surface area contributed by atoms with Crippen molar-refractivity contribution in [3.05, 3.63) is 23.9 Å². The quantitative estimate of drug-likeness (QED) is 0.570. The van der Waals surface area contributed by atoms with Gasteiger partial charge >= 0.3 is 5.97 Å². The fraction of sp³-hybridized carbons (Fsp3) is 0.556. The average molecular weight is 378 g/mol. The minimum absolute atomic E-state index is 0.0374. The second-order valence-corrected chi connectivity index (χ2v) is 13.7. The van der Waals surface area contributed by atoms with Crippen molar-refractivity contribution in [2.45, 2.75) is 44.9 Å². The number of aromatic carboxylic acids is 1. The van der Waals surface area contributed by atoms with Gasteiger partial charge in [-0.25, -0.2) is 9.48 Å². The summed E-state index contributed by atoms with van der Waals surface area (Å²) in [5, 5.41) is 24.1. The van der Waals surface area contributed by atoms with E-state index >= 15 is 0 Å². The molecule has 0 amide bonds. The molecular formula is C18H27N3O4Si. The van der Waals surface area contributed by atoms with Gasteiger partial charge in [0.2, 0.25) is 0 Å².